The number of phenolic OH excluding ortho intramolecular Hbond substituents is 1. The van der Waals surface area contributed by atoms with Gasteiger partial charge in [0.25, 0.3) is 5.69 Å². The van der Waals surface area contributed by atoms with Crippen LogP contribution in [0.1, 0.15) is 27.9 Å². The molecule has 0 saturated heterocycles. The molecular formula is C27H26N2O8. The summed E-state index contributed by atoms with van der Waals surface area (Å²) in [7, 11) is 5.99. The Balaban J connectivity index is 1.83. The number of phenols is 1. The monoisotopic (exact) mass is 506 g/mol. The van der Waals surface area contributed by atoms with E-state index in [4.69, 9.17) is 18.9 Å². The molecule has 3 aromatic rings. The van der Waals surface area contributed by atoms with Crippen LogP contribution in [0.25, 0.3) is 12.2 Å². The minimum absolute atomic E-state index is 0.0484. The molecule has 0 spiro atoms. The molecule has 1 N–H and O–H groups in total. The minimum atomic E-state index is -0.530. The maximum absolute atomic E-state index is 12.4. The lowest BCUT2D eigenvalue weighted by atomic mass is 10.1. The number of carbonyl (C=O) groups excluding carboxylic acids is 1. The van der Waals surface area contributed by atoms with Crippen LogP contribution in [0.5, 0.6) is 28.7 Å². The summed E-state index contributed by atoms with van der Waals surface area (Å²) in [5.74, 6) is 1.25. The first-order valence-electron chi connectivity index (χ1n) is 11.0. The zero-order valence-electron chi connectivity index (χ0n) is 20.8. The molecule has 37 heavy (non-hydrogen) atoms. The van der Waals surface area contributed by atoms with Crippen LogP contribution in [-0.2, 0) is 0 Å². The highest BCUT2D eigenvalue weighted by atomic mass is 16.6. The Morgan fingerprint density at radius 2 is 1.46 bits per heavy atom. The SMILES string of the molecule is COc1cc(/C=C\c2cc(O)c(OC)c(N=CCC(=O)c3ccc([N+](=O)[O-])cc3)c2)cc(OC)c1OC. The Kier molecular flexibility index (Phi) is 8.82. The Morgan fingerprint density at radius 1 is 0.892 bits per heavy atom. The van der Waals surface area contributed by atoms with E-state index in [1.54, 1.807) is 30.4 Å². The molecule has 0 heterocycles. The van der Waals surface area contributed by atoms with Crippen molar-refractivity contribution >= 4 is 35.5 Å². The summed E-state index contributed by atoms with van der Waals surface area (Å²) in [4.78, 5) is 27.0. The summed E-state index contributed by atoms with van der Waals surface area (Å²) in [6.07, 6.45) is 4.92. The first-order chi connectivity index (χ1) is 17.8. The molecule has 0 aliphatic rings. The Hall–Kier alpha value is -4.86. The number of carbonyl (C=O) groups is 1. The van der Waals surface area contributed by atoms with Gasteiger partial charge in [0.1, 0.15) is 5.69 Å². The van der Waals surface area contributed by atoms with E-state index in [-0.39, 0.29) is 29.4 Å². The van der Waals surface area contributed by atoms with Crippen molar-refractivity contribution in [1.82, 2.24) is 0 Å². The number of nitrogens with zero attached hydrogens (tertiary/aromatic N) is 2. The quantitative estimate of drug-likeness (QED) is 0.119. The maximum atomic E-state index is 12.4. The fourth-order valence-electron chi connectivity index (χ4n) is 3.52. The van der Waals surface area contributed by atoms with Gasteiger partial charge in [-0.25, -0.2) is 0 Å². The molecule has 0 amide bonds. The van der Waals surface area contributed by atoms with E-state index in [9.17, 15) is 20.0 Å². The molecule has 10 heteroatoms. The van der Waals surface area contributed by atoms with E-state index < -0.39 is 4.92 Å². The van der Waals surface area contributed by atoms with Gasteiger partial charge in [0, 0.05) is 30.3 Å². The van der Waals surface area contributed by atoms with Crippen LogP contribution in [0.4, 0.5) is 11.4 Å². The Labute approximate surface area is 213 Å². The van der Waals surface area contributed by atoms with Crippen molar-refractivity contribution in [3.8, 4) is 28.7 Å². The number of ether oxygens (including phenoxy) is 4. The van der Waals surface area contributed by atoms with Gasteiger partial charge in [-0.2, -0.15) is 0 Å². The van der Waals surface area contributed by atoms with Crippen molar-refractivity contribution < 1.29 is 33.8 Å². The molecule has 10 nitrogen and oxygen atoms in total. The van der Waals surface area contributed by atoms with Gasteiger partial charge < -0.3 is 24.1 Å². The first-order valence-corrected chi connectivity index (χ1v) is 11.0. The lowest BCUT2D eigenvalue weighted by Crippen LogP contribution is -2.00. The molecule has 0 aliphatic heterocycles. The van der Waals surface area contributed by atoms with Crippen molar-refractivity contribution in [2.75, 3.05) is 28.4 Å². The molecule has 0 unspecified atom stereocenters. The van der Waals surface area contributed by atoms with Crippen molar-refractivity contribution in [2.24, 2.45) is 4.99 Å². The number of Topliss-reactive ketones (excluding diaryl/α,β-unsaturated/α-hetero) is 1. The van der Waals surface area contributed by atoms with E-state index in [1.165, 1.54) is 65.0 Å². The largest absolute Gasteiger partial charge is 0.504 e. The fraction of sp³-hybridized carbons (Fsp3) is 0.185. The number of hydrogen-bond donors (Lipinski definition) is 1. The van der Waals surface area contributed by atoms with Gasteiger partial charge in [-0.05, 0) is 47.5 Å². The van der Waals surface area contributed by atoms with Crippen LogP contribution in [0, 0.1) is 10.1 Å². The van der Waals surface area contributed by atoms with Crippen LogP contribution >= 0.6 is 0 Å². The second-order valence-corrected chi connectivity index (χ2v) is 7.63. The summed E-state index contributed by atoms with van der Waals surface area (Å²) in [5.41, 5.74) is 1.95. The molecule has 0 aromatic heterocycles. The molecule has 3 rings (SSSR count). The number of nitro benzene ring substituents is 1. The highest BCUT2D eigenvalue weighted by Crippen LogP contribution is 2.40. The summed E-state index contributed by atoms with van der Waals surface area (Å²) in [6, 6.07) is 12.1. The smallest absolute Gasteiger partial charge is 0.269 e. The number of methoxy groups -OCH3 is 4. The van der Waals surface area contributed by atoms with Crippen LogP contribution in [-0.4, -0.2) is 50.5 Å². The Bertz CT molecular complexity index is 1320. The molecule has 0 atom stereocenters. The van der Waals surface area contributed by atoms with Crippen molar-refractivity contribution in [2.45, 2.75) is 6.42 Å². The molecule has 0 aliphatic carbocycles. The van der Waals surface area contributed by atoms with E-state index in [0.717, 1.165) is 5.56 Å². The molecule has 0 saturated carbocycles. The third-order valence-electron chi connectivity index (χ3n) is 5.34. The highest BCUT2D eigenvalue weighted by Gasteiger charge is 2.13. The van der Waals surface area contributed by atoms with Crippen LogP contribution < -0.4 is 18.9 Å². The number of aromatic hydroxyl groups is 1. The zero-order chi connectivity index (χ0) is 26.9. The van der Waals surface area contributed by atoms with Gasteiger partial charge in [0.05, 0.1) is 33.4 Å². The average molecular weight is 507 g/mol. The van der Waals surface area contributed by atoms with Crippen molar-refractivity contribution in [1.29, 1.82) is 0 Å². The number of benzene rings is 3. The zero-order valence-corrected chi connectivity index (χ0v) is 20.8. The van der Waals surface area contributed by atoms with Gasteiger partial charge in [-0.1, -0.05) is 12.2 Å². The third kappa shape index (κ3) is 6.43. The summed E-state index contributed by atoms with van der Waals surface area (Å²) < 4.78 is 21.4. The number of nitro groups is 1. The highest BCUT2D eigenvalue weighted by molar-refractivity contribution is 6.04. The number of rotatable bonds is 11. The lowest BCUT2D eigenvalue weighted by molar-refractivity contribution is -0.384. The molecule has 3 aromatic carbocycles. The van der Waals surface area contributed by atoms with Crippen molar-refractivity contribution in [3.63, 3.8) is 0 Å². The number of hydrogen-bond acceptors (Lipinski definition) is 9. The third-order valence-corrected chi connectivity index (χ3v) is 5.34. The fourth-order valence-corrected chi connectivity index (χ4v) is 3.52. The Morgan fingerprint density at radius 3 is 1.97 bits per heavy atom. The molecule has 192 valence electrons. The predicted molar refractivity (Wildman–Crippen MR) is 140 cm³/mol. The normalized spacial score (nSPS) is 11.0. The predicted octanol–water partition coefficient (Wildman–Crippen LogP) is 5.48. The van der Waals surface area contributed by atoms with E-state index in [0.29, 0.717) is 34.1 Å². The summed E-state index contributed by atoms with van der Waals surface area (Å²) in [6.45, 7) is 0. The van der Waals surface area contributed by atoms with E-state index >= 15 is 0 Å². The average Bonchev–Trinajstić information content (AvgIpc) is 2.91. The number of aliphatic imine (C=N–C) groups is 1. The molecule has 0 bridgehead atoms. The van der Waals surface area contributed by atoms with E-state index in [1.807, 2.05) is 0 Å². The summed E-state index contributed by atoms with van der Waals surface area (Å²) >= 11 is 0. The van der Waals surface area contributed by atoms with Gasteiger partial charge in [-0.3, -0.25) is 19.9 Å². The summed E-state index contributed by atoms with van der Waals surface area (Å²) in [5, 5.41) is 21.2. The number of ketones is 1. The number of non-ortho nitro benzene ring substituents is 1. The topological polar surface area (TPSA) is 130 Å². The van der Waals surface area contributed by atoms with Gasteiger partial charge in [0.2, 0.25) is 5.75 Å². The van der Waals surface area contributed by atoms with Crippen LogP contribution in [0.3, 0.4) is 0 Å². The van der Waals surface area contributed by atoms with Crippen LogP contribution in [0.15, 0.2) is 53.5 Å². The van der Waals surface area contributed by atoms with Crippen LogP contribution in [0.2, 0.25) is 0 Å². The maximum Gasteiger partial charge on any atom is 0.269 e. The molecular weight excluding hydrogens is 480 g/mol. The second-order valence-electron chi connectivity index (χ2n) is 7.63. The van der Waals surface area contributed by atoms with Gasteiger partial charge in [0.15, 0.2) is 28.8 Å². The first kappa shape index (κ1) is 26.7. The molecule has 0 fully saturated rings. The van der Waals surface area contributed by atoms with Crippen molar-refractivity contribution in [3.05, 3.63) is 75.3 Å². The van der Waals surface area contributed by atoms with E-state index in [2.05, 4.69) is 4.99 Å². The van der Waals surface area contributed by atoms with Gasteiger partial charge in [-0.15, -0.1) is 0 Å². The minimum Gasteiger partial charge on any atom is -0.504 e. The standard InChI is InChI=1S/C27H26N2O8/c1-34-24-15-18(16-25(35-2)27(24)37-4)6-5-17-13-21(26(36-3)23(31)14-17)28-12-11-22(30)19-7-9-20(10-8-19)29(32)33/h5-10,12-16,31H,11H2,1-4H3/b6-5-,28-12?. The molecule has 0 radical (unpaired) electrons. The second kappa shape index (κ2) is 12.2. The van der Waals surface area contributed by atoms with Gasteiger partial charge >= 0.3 is 0 Å². The lowest BCUT2D eigenvalue weighted by Gasteiger charge is -2.13.